The first-order chi connectivity index (χ1) is 13.2. The number of hydrogen-bond acceptors (Lipinski definition) is 4. The third-order valence-electron chi connectivity index (χ3n) is 4.38. The van der Waals surface area contributed by atoms with Gasteiger partial charge in [-0.15, -0.1) is 0 Å². The Kier molecular flexibility index (Phi) is 4.49. The van der Waals surface area contributed by atoms with E-state index in [9.17, 15) is 9.59 Å². The van der Waals surface area contributed by atoms with Crippen molar-refractivity contribution in [3.05, 3.63) is 82.5 Å². The number of aromatic amines is 2. The second-order valence-corrected chi connectivity index (χ2v) is 6.10. The summed E-state index contributed by atoms with van der Waals surface area (Å²) >= 11 is 0. The van der Waals surface area contributed by atoms with Gasteiger partial charge in [-0.05, 0) is 36.2 Å². The lowest BCUT2D eigenvalue weighted by Gasteiger charge is -2.06. The Morgan fingerprint density at radius 1 is 1.11 bits per heavy atom. The van der Waals surface area contributed by atoms with Crippen LogP contribution in [0.25, 0.3) is 22.2 Å². The normalized spacial score (nSPS) is 10.8. The minimum atomic E-state index is -0.516. The zero-order chi connectivity index (χ0) is 18.6. The number of aromatic nitrogens is 4. The molecule has 0 fully saturated rings. The highest BCUT2D eigenvalue weighted by molar-refractivity contribution is 5.94. The van der Waals surface area contributed by atoms with Gasteiger partial charge in [0, 0.05) is 41.6 Å². The summed E-state index contributed by atoms with van der Waals surface area (Å²) in [7, 11) is 0. The highest BCUT2D eigenvalue weighted by atomic mass is 16.2. The summed E-state index contributed by atoms with van der Waals surface area (Å²) in [4.78, 5) is 31.6. The van der Waals surface area contributed by atoms with Crippen LogP contribution in [-0.2, 0) is 6.42 Å². The average Bonchev–Trinajstić information content (AvgIpc) is 3.12. The van der Waals surface area contributed by atoms with Crippen LogP contribution in [0.3, 0.4) is 0 Å². The fourth-order valence-corrected chi connectivity index (χ4v) is 2.99. The summed E-state index contributed by atoms with van der Waals surface area (Å²) < 4.78 is 0. The molecular formula is C20H17N5O2. The molecule has 0 aliphatic carbocycles. The Balaban J connectivity index is 1.47. The number of amides is 1. The van der Waals surface area contributed by atoms with Crippen LogP contribution >= 0.6 is 0 Å². The molecule has 3 heterocycles. The van der Waals surface area contributed by atoms with E-state index in [-0.39, 0.29) is 5.56 Å². The highest BCUT2D eigenvalue weighted by Gasteiger charge is 2.13. The second-order valence-electron chi connectivity index (χ2n) is 6.10. The summed E-state index contributed by atoms with van der Waals surface area (Å²) in [6.45, 7) is 0.424. The Labute approximate surface area is 154 Å². The van der Waals surface area contributed by atoms with Crippen molar-refractivity contribution in [1.82, 2.24) is 25.5 Å². The molecule has 4 aromatic rings. The molecule has 7 heteroatoms. The van der Waals surface area contributed by atoms with Crippen LogP contribution in [0, 0.1) is 0 Å². The first-order valence-corrected chi connectivity index (χ1v) is 8.56. The first-order valence-electron chi connectivity index (χ1n) is 8.56. The third kappa shape index (κ3) is 3.48. The summed E-state index contributed by atoms with van der Waals surface area (Å²) in [5.74, 6) is -0.422. The van der Waals surface area contributed by atoms with Crippen LogP contribution < -0.4 is 10.9 Å². The number of rotatable bonds is 5. The van der Waals surface area contributed by atoms with E-state index in [2.05, 4.69) is 25.5 Å². The summed E-state index contributed by atoms with van der Waals surface area (Å²) in [6, 6.07) is 13.0. The van der Waals surface area contributed by atoms with Crippen LogP contribution in [0.15, 0.2) is 65.8 Å². The van der Waals surface area contributed by atoms with Gasteiger partial charge in [0.15, 0.2) is 0 Å². The number of para-hydroxylation sites is 1. The van der Waals surface area contributed by atoms with Crippen molar-refractivity contribution < 1.29 is 4.79 Å². The van der Waals surface area contributed by atoms with Crippen molar-refractivity contribution in [2.45, 2.75) is 6.42 Å². The maximum Gasteiger partial charge on any atom is 0.277 e. The van der Waals surface area contributed by atoms with Crippen LogP contribution in [-0.4, -0.2) is 32.6 Å². The number of hydrogen-bond donors (Lipinski definition) is 3. The molecule has 134 valence electrons. The number of nitrogens with zero attached hydrogens (tertiary/aromatic N) is 2. The van der Waals surface area contributed by atoms with Crippen LogP contribution in [0.2, 0.25) is 0 Å². The molecule has 0 aliphatic rings. The lowest BCUT2D eigenvalue weighted by Crippen LogP contribution is -2.31. The summed E-state index contributed by atoms with van der Waals surface area (Å²) in [6.07, 6.45) is 5.86. The molecular weight excluding hydrogens is 342 g/mol. The van der Waals surface area contributed by atoms with Gasteiger partial charge in [0.05, 0.1) is 5.69 Å². The molecule has 0 spiro atoms. The highest BCUT2D eigenvalue weighted by Crippen LogP contribution is 2.18. The molecule has 27 heavy (non-hydrogen) atoms. The van der Waals surface area contributed by atoms with Gasteiger partial charge in [-0.1, -0.05) is 18.2 Å². The standard InChI is InChI=1S/C20H17N5O2/c26-19(22-10-7-14-12-23-17-4-2-1-3-15(14)17)16-11-18(24-25-20(16)27)13-5-8-21-9-6-13/h1-6,8-9,11-12,23H,7,10H2,(H,22,26)(H,25,27). The Morgan fingerprint density at radius 2 is 1.93 bits per heavy atom. The largest absolute Gasteiger partial charge is 0.361 e. The van der Waals surface area contributed by atoms with Gasteiger partial charge in [0.25, 0.3) is 11.5 Å². The molecule has 7 nitrogen and oxygen atoms in total. The third-order valence-corrected chi connectivity index (χ3v) is 4.38. The zero-order valence-corrected chi connectivity index (χ0v) is 14.4. The second kappa shape index (κ2) is 7.25. The number of H-pyrrole nitrogens is 2. The Hall–Kier alpha value is -3.74. The van der Waals surface area contributed by atoms with E-state index >= 15 is 0 Å². The molecule has 1 aromatic carbocycles. The monoisotopic (exact) mass is 359 g/mol. The number of fused-ring (bicyclic) bond motifs is 1. The van der Waals surface area contributed by atoms with Crippen LogP contribution in [0.1, 0.15) is 15.9 Å². The topological polar surface area (TPSA) is 104 Å². The molecule has 3 aromatic heterocycles. The minimum absolute atomic E-state index is 0.0377. The maximum atomic E-state index is 12.5. The molecule has 0 radical (unpaired) electrons. The van der Waals surface area contributed by atoms with E-state index in [0.29, 0.717) is 18.7 Å². The predicted molar refractivity (Wildman–Crippen MR) is 102 cm³/mol. The van der Waals surface area contributed by atoms with Crippen molar-refractivity contribution >= 4 is 16.8 Å². The van der Waals surface area contributed by atoms with E-state index in [1.165, 1.54) is 6.07 Å². The summed E-state index contributed by atoms with van der Waals surface area (Å²) in [5.41, 5.74) is 2.99. The van der Waals surface area contributed by atoms with Gasteiger partial charge in [0.1, 0.15) is 5.56 Å². The molecule has 3 N–H and O–H groups in total. The fourth-order valence-electron chi connectivity index (χ4n) is 2.99. The number of benzene rings is 1. The molecule has 0 saturated carbocycles. The number of carbonyl (C=O) groups excluding carboxylic acids is 1. The molecule has 0 aliphatic heterocycles. The zero-order valence-electron chi connectivity index (χ0n) is 14.4. The van der Waals surface area contributed by atoms with Crippen molar-refractivity contribution in [3.63, 3.8) is 0 Å². The van der Waals surface area contributed by atoms with Gasteiger partial charge in [0.2, 0.25) is 0 Å². The van der Waals surface area contributed by atoms with Crippen molar-refractivity contribution in [2.24, 2.45) is 0 Å². The smallest absolute Gasteiger partial charge is 0.277 e. The summed E-state index contributed by atoms with van der Waals surface area (Å²) in [5, 5.41) is 10.3. The van der Waals surface area contributed by atoms with Crippen molar-refractivity contribution in [3.8, 4) is 11.3 Å². The van der Waals surface area contributed by atoms with Gasteiger partial charge in [-0.2, -0.15) is 5.10 Å². The minimum Gasteiger partial charge on any atom is -0.361 e. The number of nitrogens with one attached hydrogen (secondary N) is 3. The maximum absolute atomic E-state index is 12.5. The van der Waals surface area contributed by atoms with E-state index in [4.69, 9.17) is 0 Å². The Morgan fingerprint density at radius 3 is 2.78 bits per heavy atom. The van der Waals surface area contributed by atoms with Crippen LogP contribution in [0.5, 0.6) is 0 Å². The van der Waals surface area contributed by atoms with Gasteiger partial charge in [-0.25, -0.2) is 5.10 Å². The van der Waals surface area contributed by atoms with E-state index < -0.39 is 11.5 Å². The number of carbonyl (C=O) groups is 1. The van der Waals surface area contributed by atoms with Crippen molar-refractivity contribution in [1.29, 1.82) is 0 Å². The van der Waals surface area contributed by atoms with Crippen LogP contribution in [0.4, 0.5) is 0 Å². The molecule has 0 saturated heterocycles. The molecule has 1 amide bonds. The predicted octanol–water partition coefficient (Wildman–Crippen LogP) is 2.29. The lowest BCUT2D eigenvalue weighted by molar-refractivity contribution is 0.0952. The van der Waals surface area contributed by atoms with E-state index in [0.717, 1.165) is 22.0 Å². The fraction of sp³-hybridized carbons (Fsp3) is 0.100. The SMILES string of the molecule is O=C(NCCc1c[nH]c2ccccc12)c1cc(-c2ccncc2)n[nH]c1=O. The van der Waals surface area contributed by atoms with E-state index in [1.807, 2.05) is 30.5 Å². The molecule has 0 atom stereocenters. The van der Waals surface area contributed by atoms with Gasteiger partial charge < -0.3 is 10.3 Å². The van der Waals surface area contributed by atoms with Gasteiger partial charge in [-0.3, -0.25) is 14.6 Å². The Bertz CT molecular complexity index is 1150. The van der Waals surface area contributed by atoms with E-state index in [1.54, 1.807) is 24.5 Å². The van der Waals surface area contributed by atoms with Gasteiger partial charge >= 0.3 is 0 Å². The lowest BCUT2D eigenvalue weighted by atomic mass is 10.1. The average molecular weight is 359 g/mol. The number of pyridine rings is 1. The molecule has 4 rings (SSSR count). The molecule has 0 bridgehead atoms. The van der Waals surface area contributed by atoms with Crippen molar-refractivity contribution in [2.75, 3.05) is 6.54 Å². The first kappa shape index (κ1) is 16.7. The molecule has 0 unspecified atom stereocenters. The quantitative estimate of drug-likeness (QED) is 0.508.